The molecule has 0 radical (unpaired) electrons. The zero-order valence-corrected chi connectivity index (χ0v) is 10.5. The van der Waals surface area contributed by atoms with Crippen molar-refractivity contribution in [1.29, 1.82) is 0 Å². The van der Waals surface area contributed by atoms with E-state index in [1.807, 2.05) is 42.9 Å². The number of fused-ring (bicyclic) bond motifs is 1. The van der Waals surface area contributed by atoms with Crippen LogP contribution in [-0.2, 0) is 6.54 Å². The molecule has 4 heteroatoms. The number of benzene rings is 1. The van der Waals surface area contributed by atoms with Crippen LogP contribution in [-0.4, -0.2) is 19.5 Å². The summed E-state index contributed by atoms with van der Waals surface area (Å²) in [4.78, 5) is 13.6. The van der Waals surface area contributed by atoms with E-state index in [0.717, 1.165) is 23.3 Å². The van der Waals surface area contributed by atoms with E-state index in [1.165, 1.54) is 18.7 Å². The van der Waals surface area contributed by atoms with Crippen molar-refractivity contribution in [3.8, 4) is 0 Å². The summed E-state index contributed by atoms with van der Waals surface area (Å²) in [6, 6.07) is 7.96. The number of aromatic nitrogens is 4. The third-order valence-electron chi connectivity index (χ3n) is 3.52. The zero-order valence-electron chi connectivity index (χ0n) is 10.5. The van der Waals surface area contributed by atoms with Gasteiger partial charge in [0.1, 0.15) is 5.82 Å². The van der Waals surface area contributed by atoms with Crippen LogP contribution in [0, 0.1) is 0 Å². The van der Waals surface area contributed by atoms with E-state index in [2.05, 4.69) is 19.5 Å². The second-order valence-electron chi connectivity index (χ2n) is 5.04. The molecule has 4 rings (SSSR count). The molecule has 2 heterocycles. The molecule has 0 N–H and O–H groups in total. The second-order valence-corrected chi connectivity index (χ2v) is 5.04. The van der Waals surface area contributed by atoms with E-state index >= 15 is 0 Å². The maximum absolute atomic E-state index is 4.66. The summed E-state index contributed by atoms with van der Waals surface area (Å²) in [7, 11) is 0. The van der Waals surface area contributed by atoms with Gasteiger partial charge in [-0.1, -0.05) is 12.1 Å². The van der Waals surface area contributed by atoms with Gasteiger partial charge in [0.2, 0.25) is 0 Å². The van der Waals surface area contributed by atoms with Gasteiger partial charge in [-0.2, -0.15) is 0 Å². The summed E-state index contributed by atoms with van der Waals surface area (Å²) < 4.78 is 2.19. The Labute approximate surface area is 111 Å². The van der Waals surface area contributed by atoms with Crippen LogP contribution < -0.4 is 0 Å². The SMILES string of the molecule is c1ccc2nc(Cn3ccnc3C3CC3)cnc2c1. The van der Waals surface area contributed by atoms with Crippen molar-refractivity contribution in [1.82, 2.24) is 19.5 Å². The Morgan fingerprint density at radius 2 is 1.95 bits per heavy atom. The third-order valence-corrected chi connectivity index (χ3v) is 3.52. The van der Waals surface area contributed by atoms with E-state index in [0.29, 0.717) is 5.92 Å². The fourth-order valence-electron chi connectivity index (χ4n) is 2.40. The predicted octanol–water partition coefficient (Wildman–Crippen LogP) is 2.75. The first kappa shape index (κ1) is 10.7. The summed E-state index contributed by atoms with van der Waals surface area (Å²) >= 11 is 0. The normalized spacial score (nSPS) is 14.9. The standard InChI is InChI=1S/C15H14N4/c1-2-4-14-13(3-1)17-9-12(18-14)10-19-8-7-16-15(19)11-5-6-11/h1-4,7-9,11H,5-6,10H2. The Bertz CT molecular complexity index is 728. The predicted molar refractivity (Wildman–Crippen MR) is 72.8 cm³/mol. The zero-order chi connectivity index (χ0) is 12.7. The van der Waals surface area contributed by atoms with Crippen LogP contribution in [0.3, 0.4) is 0 Å². The van der Waals surface area contributed by atoms with Gasteiger partial charge in [0.25, 0.3) is 0 Å². The molecule has 0 atom stereocenters. The van der Waals surface area contributed by atoms with Gasteiger partial charge in [-0.15, -0.1) is 0 Å². The summed E-state index contributed by atoms with van der Waals surface area (Å²) in [5.41, 5.74) is 2.88. The van der Waals surface area contributed by atoms with Gasteiger partial charge < -0.3 is 4.57 Å². The largest absolute Gasteiger partial charge is 0.329 e. The molecule has 94 valence electrons. The molecule has 1 saturated carbocycles. The first-order chi connectivity index (χ1) is 9.40. The topological polar surface area (TPSA) is 43.6 Å². The number of hydrogen-bond acceptors (Lipinski definition) is 3. The van der Waals surface area contributed by atoms with Crippen molar-refractivity contribution < 1.29 is 0 Å². The molecule has 1 fully saturated rings. The van der Waals surface area contributed by atoms with Crippen molar-refractivity contribution in [2.75, 3.05) is 0 Å². The second kappa shape index (κ2) is 4.16. The Morgan fingerprint density at radius 1 is 1.11 bits per heavy atom. The molecular formula is C15H14N4. The number of nitrogens with zero attached hydrogens (tertiary/aromatic N) is 4. The van der Waals surface area contributed by atoms with Crippen molar-refractivity contribution in [3.63, 3.8) is 0 Å². The molecule has 3 aromatic rings. The number of imidazole rings is 1. The minimum absolute atomic E-state index is 0.656. The average molecular weight is 250 g/mol. The summed E-state index contributed by atoms with van der Waals surface area (Å²) in [5, 5.41) is 0. The number of para-hydroxylation sites is 2. The first-order valence-corrected chi connectivity index (χ1v) is 6.62. The highest BCUT2D eigenvalue weighted by Crippen LogP contribution is 2.39. The Hall–Kier alpha value is -2.23. The first-order valence-electron chi connectivity index (χ1n) is 6.62. The summed E-state index contributed by atoms with van der Waals surface area (Å²) in [5.74, 6) is 1.85. The van der Waals surface area contributed by atoms with E-state index in [4.69, 9.17) is 0 Å². The minimum atomic E-state index is 0.656. The van der Waals surface area contributed by atoms with Gasteiger partial charge in [0, 0.05) is 18.3 Å². The molecule has 0 bridgehead atoms. The lowest BCUT2D eigenvalue weighted by molar-refractivity contribution is 0.711. The lowest BCUT2D eigenvalue weighted by Gasteiger charge is -2.07. The van der Waals surface area contributed by atoms with Gasteiger partial charge in [-0.05, 0) is 25.0 Å². The molecule has 0 saturated heterocycles. The quantitative estimate of drug-likeness (QED) is 0.718. The lowest BCUT2D eigenvalue weighted by atomic mass is 10.3. The Kier molecular flexibility index (Phi) is 2.33. The molecule has 1 aliphatic carbocycles. The van der Waals surface area contributed by atoms with Gasteiger partial charge in [-0.25, -0.2) is 9.97 Å². The summed E-state index contributed by atoms with van der Waals surface area (Å²) in [6.45, 7) is 0.754. The smallest absolute Gasteiger partial charge is 0.112 e. The molecular weight excluding hydrogens is 236 g/mol. The highest BCUT2D eigenvalue weighted by molar-refractivity contribution is 5.73. The summed E-state index contributed by atoms with van der Waals surface area (Å²) in [6.07, 6.45) is 8.30. The van der Waals surface area contributed by atoms with Gasteiger partial charge in [0.15, 0.2) is 0 Å². The van der Waals surface area contributed by atoms with Crippen LogP contribution in [0.2, 0.25) is 0 Å². The van der Waals surface area contributed by atoms with Crippen LogP contribution in [0.4, 0.5) is 0 Å². The fourth-order valence-corrected chi connectivity index (χ4v) is 2.40. The van der Waals surface area contributed by atoms with Crippen molar-refractivity contribution in [2.45, 2.75) is 25.3 Å². The fraction of sp³-hybridized carbons (Fsp3) is 0.267. The highest BCUT2D eigenvalue weighted by atomic mass is 15.1. The molecule has 1 aliphatic rings. The van der Waals surface area contributed by atoms with Crippen LogP contribution in [0.25, 0.3) is 11.0 Å². The molecule has 1 aromatic carbocycles. The lowest BCUT2D eigenvalue weighted by Crippen LogP contribution is -2.05. The van der Waals surface area contributed by atoms with Crippen LogP contribution in [0.1, 0.15) is 30.3 Å². The Morgan fingerprint density at radius 3 is 2.79 bits per heavy atom. The number of hydrogen-bond donors (Lipinski definition) is 0. The van der Waals surface area contributed by atoms with Gasteiger partial charge in [-0.3, -0.25) is 4.98 Å². The van der Waals surface area contributed by atoms with E-state index in [-0.39, 0.29) is 0 Å². The molecule has 0 spiro atoms. The molecule has 0 amide bonds. The van der Waals surface area contributed by atoms with E-state index in [9.17, 15) is 0 Å². The molecule has 4 nitrogen and oxygen atoms in total. The van der Waals surface area contributed by atoms with Crippen LogP contribution in [0.15, 0.2) is 42.9 Å². The molecule has 0 unspecified atom stereocenters. The van der Waals surface area contributed by atoms with Crippen LogP contribution in [0.5, 0.6) is 0 Å². The maximum atomic E-state index is 4.66. The molecule has 2 aromatic heterocycles. The van der Waals surface area contributed by atoms with Crippen molar-refractivity contribution in [3.05, 3.63) is 54.4 Å². The van der Waals surface area contributed by atoms with E-state index in [1.54, 1.807) is 0 Å². The highest BCUT2D eigenvalue weighted by Gasteiger charge is 2.27. The van der Waals surface area contributed by atoms with Gasteiger partial charge in [0.05, 0.1) is 29.5 Å². The maximum Gasteiger partial charge on any atom is 0.112 e. The van der Waals surface area contributed by atoms with Crippen molar-refractivity contribution in [2.24, 2.45) is 0 Å². The molecule has 0 aliphatic heterocycles. The number of rotatable bonds is 3. The Balaban J connectivity index is 1.68. The monoisotopic (exact) mass is 250 g/mol. The van der Waals surface area contributed by atoms with Gasteiger partial charge >= 0.3 is 0 Å². The average Bonchev–Trinajstić information content (AvgIpc) is 3.19. The minimum Gasteiger partial charge on any atom is -0.329 e. The third kappa shape index (κ3) is 1.99. The van der Waals surface area contributed by atoms with E-state index < -0.39 is 0 Å². The molecule has 19 heavy (non-hydrogen) atoms. The van der Waals surface area contributed by atoms with Crippen molar-refractivity contribution >= 4 is 11.0 Å². The van der Waals surface area contributed by atoms with Crippen LogP contribution >= 0.6 is 0 Å².